The zero-order chi connectivity index (χ0) is 32.2. The number of aromatic amines is 1. The van der Waals surface area contributed by atoms with Crippen molar-refractivity contribution in [2.24, 2.45) is 5.92 Å². The van der Waals surface area contributed by atoms with Gasteiger partial charge in [0.25, 0.3) is 27.4 Å². The first kappa shape index (κ1) is 29.6. The first-order chi connectivity index (χ1) is 21.2. The number of likely N-dealkylation sites (N-methyl/N-ethyl adjacent to an activating group) is 1. The summed E-state index contributed by atoms with van der Waals surface area (Å²) in [5.74, 6) is -3.49. The van der Waals surface area contributed by atoms with Crippen LogP contribution in [0.3, 0.4) is 0 Å². The number of fused-ring (bicyclic) bond motifs is 5. The summed E-state index contributed by atoms with van der Waals surface area (Å²) in [6.07, 6.45) is 1.62. The van der Waals surface area contributed by atoms with Crippen LogP contribution in [-0.2, 0) is 21.3 Å². The average molecular weight is 636 g/mol. The molecule has 3 heterocycles. The second-order valence-electron chi connectivity index (χ2n) is 12.8. The van der Waals surface area contributed by atoms with Crippen LogP contribution in [-0.4, -0.2) is 77.6 Å². The third kappa shape index (κ3) is 4.05. The Kier molecular flexibility index (Phi) is 6.37. The summed E-state index contributed by atoms with van der Waals surface area (Å²) in [7, 11) is -0.200. The molecule has 2 aliphatic heterocycles. The number of nitro benzene ring substituents is 1. The van der Waals surface area contributed by atoms with Crippen LogP contribution in [0.4, 0.5) is 5.69 Å². The van der Waals surface area contributed by atoms with Gasteiger partial charge in [0.15, 0.2) is 0 Å². The number of benzene rings is 2. The number of carbonyl (C=O) groups excluding carboxylic acids is 2. The number of ketones is 1. The minimum absolute atomic E-state index is 0.0560. The molecule has 2 aliphatic carbocycles. The van der Waals surface area contributed by atoms with Crippen LogP contribution in [0.5, 0.6) is 5.75 Å². The number of hydrogen-bond acceptors (Lipinski definition) is 9. The van der Waals surface area contributed by atoms with Crippen molar-refractivity contribution in [3.8, 4) is 5.75 Å². The summed E-state index contributed by atoms with van der Waals surface area (Å²) < 4.78 is 34.5. The summed E-state index contributed by atoms with van der Waals surface area (Å²) in [6.45, 7) is 4.27. The van der Waals surface area contributed by atoms with Gasteiger partial charge in [0.2, 0.25) is 11.3 Å². The summed E-state index contributed by atoms with van der Waals surface area (Å²) in [5.41, 5.74) is -2.10. The number of amides is 1. The van der Waals surface area contributed by atoms with E-state index in [4.69, 9.17) is 4.74 Å². The van der Waals surface area contributed by atoms with Crippen LogP contribution in [0.1, 0.15) is 68.8 Å². The van der Waals surface area contributed by atoms with Crippen LogP contribution in [0.15, 0.2) is 47.5 Å². The Labute approximate surface area is 259 Å². The lowest BCUT2D eigenvalue weighted by Gasteiger charge is -2.34. The lowest BCUT2D eigenvalue weighted by molar-refractivity contribution is -0.388. The van der Waals surface area contributed by atoms with E-state index >= 15 is 0 Å². The van der Waals surface area contributed by atoms with Crippen molar-refractivity contribution in [1.29, 1.82) is 0 Å². The Morgan fingerprint density at radius 1 is 1.24 bits per heavy atom. The van der Waals surface area contributed by atoms with Gasteiger partial charge in [-0.3, -0.25) is 19.7 Å². The van der Waals surface area contributed by atoms with Gasteiger partial charge in [-0.15, -0.1) is 0 Å². The monoisotopic (exact) mass is 635 g/mol. The fourth-order valence-corrected chi connectivity index (χ4v) is 8.70. The maximum absolute atomic E-state index is 14.3. The van der Waals surface area contributed by atoms with Crippen molar-refractivity contribution in [2.45, 2.75) is 55.0 Å². The van der Waals surface area contributed by atoms with E-state index in [9.17, 15) is 33.2 Å². The molecule has 7 rings (SSSR count). The number of Topliss-reactive ketones (excluding diaryl/α,β-unsaturated/α-hetero) is 1. The molecule has 1 saturated carbocycles. The predicted molar refractivity (Wildman–Crippen MR) is 160 cm³/mol. The molecule has 0 spiro atoms. The van der Waals surface area contributed by atoms with Gasteiger partial charge in [0, 0.05) is 36.3 Å². The standard InChI is InChI=1S/C31H33N5O8S/c1-16-12-21(16)18-8-9-22-24(14-18)44-31(39)26-20(6-5-7-23(26)36(40)41)28(37)30(22,31)33-29(38)27-17(2)13-25(32-27)45(42,43)35-11-10-19(15-35)34(3)4/h5-9,13-14,16,19,21,32,39H,10-12,15H2,1-4H3,(H,33,38)/t16-,19-,21-,30?,31?/m0/s1. The van der Waals surface area contributed by atoms with Crippen LogP contribution < -0.4 is 10.1 Å². The fourth-order valence-electron chi connectivity index (χ4n) is 7.16. The lowest BCUT2D eigenvalue weighted by Crippen LogP contribution is -2.60. The molecule has 1 saturated heterocycles. The first-order valence-electron chi connectivity index (χ1n) is 14.8. The number of hydrogen-bond donors (Lipinski definition) is 3. The van der Waals surface area contributed by atoms with E-state index in [1.54, 1.807) is 19.1 Å². The molecular formula is C31H33N5O8S. The third-order valence-corrected chi connectivity index (χ3v) is 11.7. The molecule has 14 heteroatoms. The molecule has 4 aliphatic rings. The number of rotatable bonds is 7. The number of aryl methyl sites for hydroxylation is 1. The van der Waals surface area contributed by atoms with Gasteiger partial charge in [-0.25, -0.2) is 8.42 Å². The highest BCUT2D eigenvalue weighted by molar-refractivity contribution is 7.89. The van der Waals surface area contributed by atoms with Gasteiger partial charge in [-0.2, -0.15) is 4.31 Å². The summed E-state index contributed by atoms with van der Waals surface area (Å²) in [5, 5.41) is 26.9. The lowest BCUT2D eigenvalue weighted by atomic mass is 9.82. The smallest absolute Gasteiger partial charge is 0.280 e. The maximum Gasteiger partial charge on any atom is 0.280 e. The summed E-state index contributed by atoms with van der Waals surface area (Å²) in [4.78, 5) is 44.4. The SMILES string of the molecule is Cc1cc(S(=O)(=O)N2CC[C@H](N(C)C)C2)[nH]c1C(=O)NC12C(=O)c3cccc([N+](=O)[O-])c3C1(O)Oc1cc([C@H]3C[C@@H]3C)ccc12. The van der Waals surface area contributed by atoms with Crippen molar-refractivity contribution in [2.75, 3.05) is 27.2 Å². The molecule has 1 amide bonds. The number of nitrogens with one attached hydrogen (secondary N) is 2. The number of aromatic nitrogens is 1. The van der Waals surface area contributed by atoms with E-state index in [-0.39, 0.29) is 45.1 Å². The fraction of sp³-hybridized carbons (Fsp3) is 0.419. The second-order valence-corrected chi connectivity index (χ2v) is 14.7. The van der Waals surface area contributed by atoms with E-state index in [1.807, 2.05) is 25.1 Å². The maximum atomic E-state index is 14.3. The number of aliphatic hydroxyl groups is 1. The molecule has 2 fully saturated rings. The van der Waals surface area contributed by atoms with Crippen molar-refractivity contribution >= 4 is 27.4 Å². The van der Waals surface area contributed by atoms with E-state index in [1.165, 1.54) is 22.5 Å². The molecule has 2 aromatic carbocycles. The number of nitrogens with zero attached hydrogens (tertiary/aromatic N) is 3. The largest absolute Gasteiger partial charge is 0.454 e. The van der Waals surface area contributed by atoms with Crippen LogP contribution >= 0.6 is 0 Å². The van der Waals surface area contributed by atoms with Crippen LogP contribution in [0.2, 0.25) is 0 Å². The van der Waals surface area contributed by atoms with Gasteiger partial charge in [0.05, 0.1) is 4.92 Å². The number of carbonyl (C=O) groups is 2. The molecule has 0 bridgehead atoms. The number of H-pyrrole nitrogens is 1. The molecule has 3 aromatic rings. The summed E-state index contributed by atoms with van der Waals surface area (Å²) >= 11 is 0. The van der Waals surface area contributed by atoms with Gasteiger partial charge in [-0.05, 0) is 69.0 Å². The van der Waals surface area contributed by atoms with Crippen molar-refractivity contribution in [1.82, 2.24) is 19.5 Å². The van der Waals surface area contributed by atoms with Gasteiger partial charge < -0.3 is 25.0 Å². The van der Waals surface area contributed by atoms with Gasteiger partial charge in [-0.1, -0.05) is 31.2 Å². The van der Waals surface area contributed by atoms with Gasteiger partial charge in [0.1, 0.15) is 22.0 Å². The zero-order valence-electron chi connectivity index (χ0n) is 25.2. The molecule has 0 radical (unpaired) electrons. The van der Waals surface area contributed by atoms with Crippen molar-refractivity contribution < 1.29 is 32.8 Å². The second kappa shape index (κ2) is 9.69. The molecule has 1 aromatic heterocycles. The number of ether oxygens (including phenoxy) is 1. The molecule has 3 N–H and O–H groups in total. The topological polar surface area (TPSA) is 175 Å². The minimum Gasteiger partial charge on any atom is -0.454 e. The van der Waals surface area contributed by atoms with Crippen molar-refractivity contribution in [3.63, 3.8) is 0 Å². The molecule has 13 nitrogen and oxygen atoms in total. The van der Waals surface area contributed by atoms with Crippen LogP contribution in [0.25, 0.3) is 0 Å². The normalized spacial score (nSPS) is 28.5. The van der Waals surface area contributed by atoms with E-state index in [0.717, 1.165) is 18.1 Å². The molecule has 5 atom stereocenters. The van der Waals surface area contributed by atoms with E-state index in [0.29, 0.717) is 31.0 Å². The Hall–Kier alpha value is -4.11. The quantitative estimate of drug-likeness (QED) is 0.260. The predicted octanol–water partition coefficient (Wildman–Crippen LogP) is 2.74. The van der Waals surface area contributed by atoms with E-state index < -0.39 is 43.7 Å². The molecule has 236 valence electrons. The Bertz CT molecular complexity index is 1920. The minimum atomic E-state index is -3.97. The van der Waals surface area contributed by atoms with Crippen LogP contribution in [0, 0.1) is 23.0 Å². The molecular weight excluding hydrogens is 602 g/mol. The Morgan fingerprint density at radius 3 is 2.62 bits per heavy atom. The Balaban J connectivity index is 1.31. The summed E-state index contributed by atoms with van der Waals surface area (Å²) in [6, 6.07) is 10.4. The molecule has 45 heavy (non-hydrogen) atoms. The third-order valence-electron chi connectivity index (χ3n) is 9.87. The van der Waals surface area contributed by atoms with Crippen molar-refractivity contribution in [3.05, 3.63) is 86.1 Å². The Morgan fingerprint density at radius 2 is 1.98 bits per heavy atom. The number of sulfonamides is 1. The van der Waals surface area contributed by atoms with Gasteiger partial charge >= 0.3 is 0 Å². The zero-order valence-corrected chi connectivity index (χ0v) is 26.0. The van der Waals surface area contributed by atoms with E-state index in [2.05, 4.69) is 17.2 Å². The number of nitro groups is 1. The molecule has 2 unspecified atom stereocenters. The highest BCUT2D eigenvalue weighted by Crippen LogP contribution is 2.61. The first-order valence-corrected chi connectivity index (χ1v) is 16.2. The highest BCUT2D eigenvalue weighted by Gasteiger charge is 2.73. The average Bonchev–Trinajstić information content (AvgIpc) is 3.32. The highest BCUT2D eigenvalue weighted by atomic mass is 32.2.